The van der Waals surface area contributed by atoms with Gasteiger partial charge in [0.2, 0.25) is 5.75 Å². The highest BCUT2D eigenvalue weighted by Crippen LogP contribution is 2.42. The first kappa shape index (κ1) is 12.5. The molecule has 6 heteroatoms. The summed E-state index contributed by atoms with van der Waals surface area (Å²) in [5.41, 5.74) is 5.66. The highest BCUT2D eigenvalue weighted by molar-refractivity contribution is 5.78. The molecule has 0 radical (unpaired) electrons. The number of aromatic hydroxyl groups is 1. The predicted molar refractivity (Wildman–Crippen MR) is 63.1 cm³/mol. The minimum absolute atomic E-state index is 0.0947. The monoisotopic (exact) mass is 253 g/mol. The molecule has 2 rings (SSSR count). The normalized spacial score (nSPS) is 15.8. The molecule has 0 spiro atoms. The number of benzene rings is 1. The number of carboxylic acids is 1. The molecule has 0 aliphatic carbocycles. The molecule has 1 atom stereocenters. The maximum atomic E-state index is 11.1. The van der Waals surface area contributed by atoms with Crippen LogP contribution in [0.4, 0.5) is 0 Å². The molecule has 1 unspecified atom stereocenters. The Morgan fingerprint density at radius 2 is 2.11 bits per heavy atom. The van der Waals surface area contributed by atoms with E-state index in [4.69, 9.17) is 20.3 Å². The number of rotatable bonds is 3. The average molecular weight is 253 g/mol. The number of hydrogen-bond acceptors (Lipinski definition) is 5. The average Bonchev–Trinajstić information content (AvgIpc) is 2.58. The zero-order valence-electron chi connectivity index (χ0n) is 9.76. The number of aliphatic carboxylic acids is 1. The maximum Gasteiger partial charge on any atom is 0.312 e. The van der Waals surface area contributed by atoms with E-state index in [1.165, 1.54) is 6.07 Å². The van der Waals surface area contributed by atoms with E-state index in [1.54, 1.807) is 6.07 Å². The molecule has 0 fully saturated rings. The lowest BCUT2D eigenvalue weighted by molar-refractivity contribution is -0.138. The number of phenolic OH excluding ortho intramolecular Hbond substituents is 1. The third-order valence-electron chi connectivity index (χ3n) is 2.83. The highest BCUT2D eigenvalue weighted by Gasteiger charge is 2.26. The summed E-state index contributed by atoms with van der Waals surface area (Å²) >= 11 is 0. The molecule has 6 nitrogen and oxygen atoms in total. The number of phenols is 1. The summed E-state index contributed by atoms with van der Waals surface area (Å²) in [5, 5.41) is 19.1. The molecule has 1 heterocycles. The van der Waals surface area contributed by atoms with Crippen molar-refractivity contribution >= 4 is 5.97 Å². The van der Waals surface area contributed by atoms with Crippen LogP contribution in [0.1, 0.15) is 17.9 Å². The Balaban J connectivity index is 2.45. The van der Waals surface area contributed by atoms with Crippen LogP contribution in [0.3, 0.4) is 0 Å². The number of fused-ring (bicyclic) bond motifs is 1. The van der Waals surface area contributed by atoms with Crippen molar-refractivity contribution in [1.29, 1.82) is 0 Å². The molecule has 4 N–H and O–H groups in total. The number of carbonyl (C=O) groups is 1. The summed E-state index contributed by atoms with van der Waals surface area (Å²) in [5.74, 6) is -1.61. The van der Waals surface area contributed by atoms with Gasteiger partial charge in [-0.05, 0) is 6.07 Å². The molecule has 0 aromatic heterocycles. The van der Waals surface area contributed by atoms with Crippen molar-refractivity contribution in [3.05, 3.63) is 17.7 Å². The van der Waals surface area contributed by atoms with Crippen LogP contribution in [0.25, 0.3) is 0 Å². The Morgan fingerprint density at radius 3 is 2.78 bits per heavy atom. The van der Waals surface area contributed by atoms with Crippen LogP contribution in [-0.4, -0.2) is 35.9 Å². The van der Waals surface area contributed by atoms with Gasteiger partial charge in [0, 0.05) is 18.5 Å². The molecule has 0 saturated carbocycles. The van der Waals surface area contributed by atoms with Gasteiger partial charge in [-0.1, -0.05) is 6.07 Å². The maximum absolute atomic E-state index is 11.1. The lowest BCUT2D eigenvalue weighted by atomic mass is 9.97. The first-order chi connectivity index (χ1) is 8.65. The largest absolute Gasteiger partial charge is 0.504 e. The standard InChI is InChI=1S/C12H15NO5/c13-6-8(12(15)16)7-2-3-9-11(10(7)14)18-5-1-4-17-9/h2-3,8,14H,1,4-6,13H2,(H,15,16). The molecule has 0 amide bonds. The third kappa shape index (κ3) is 2.19. The smallest absolute Gasteiger partial charge is 0.312 e. The van der Waals surface area contributed by atoms with Gasteiger partial charge in [0.25, 0.3) is 0 Å². The van der Waals surface area contributed by atoms with Gasteiger partial charge in [0.05, 0.1) is 19.1 Å². The number of nitrogens with two attached hydrogens (primary N) is 1. The van der Waals surface area contributed by atoms with Gasteiger partial charge in [-0.2, -0.15) is 0 Å². The van der Waals surface area contributed by atoms with Crippen LogP contribution in [0.5, 0.6) is 17.2 Å². The van der Waals surface area contributed by atoms with Crippen LogP contribution in [0, 0.1) is 0 Å². The predicted octanol–water partition coefficient (Wildman–Crippen LogP) is 0.680. The number of hydrogen-bond donors (Lipinski definition) is 3. The number of ether oxygens (including phenoxy) is 2. The summed E-state index contributed by atoms with van der Waals surface area (Å²) in [4.78, 5) is 11.1. The molecular weight excluding hydrogens is 238 g/mol. The van der Waals surface area contributed by atoms with Crippen molar-refractivity contribution in [2.45, 2.75) is 12.3 Å². The topological polar surface area (TPSA) is 102 Å². The van der Waals surface area contributed by atoms with E-state index in [0.717, 1.165) is 0 Å². The highest BCUT2D eigenvalue weighted by atomic mass is 16.5. The molecule has 98 valence electrons. The summed E-state index contributed by atoms with van der Waals surface area (Å²) < 4.78 is 10.8. The lowest BCUT2D eigenvalue weighted by Crippen LogP contribution is -2.21. The van der Waals surface area contributed by atoms with E-state index in [2.05, 4.69) is 0 Å². The minimum atomic E-state index is -1.08. The van der Waals surface area contributed by atoms with Crippen LogP contribution in [0.2, 0.25) is 0 Å². The molecule has 1 aromatic rings. The quantitative estimate of drug-likeness (QED) is 0.732. The van der Waals surface area contributed by atoms with Gasteiger partial charge >= 0.3 is 5.97 Å². The summed E-state index contributed by atoms with van der Waals surface area (Å²) in [7, 11) is 0. The molecular formula is C12H15NO5. The second-order valence-electron chi connectivity index (χ2n) is 4.01. The van der Waals surface area contributed by atoms with Gasteiger partial charge in [0.1, 0.15) is 0 Å². The Morgan fingerprint density at radius 1 is 1.39 bits per heavy atom. The third-order valence-corrected chi connectivity index (χ3v) is 2.83. The number of carboxylic acid groups (broad SMARTS) is 1. The Bertz CT molecular complexity index is 460. The molecule has 18 heavy (non-hydrogen) atoms. The van der Waals surface area contributed by atoms with Crippen molar-refractivity contribution in [2.24, 2.45) is 5.73 Å². The van der Waals surface area contributed by atoms with Crippen molar-refractivity contribution < 1.29 is 24.5 Å². The fraction of sp³-hybridized carbons (Fsp3) is 0.417. The van der Waals surface area contributed by atoms with Gasteiger partial charge in [-0.15, -0.1) is 0 Å². The van der Waals surface area contributed by atoms with Crippen LogP contribution < -0.4 is 15.2 Å². The first-order valence-electron chi connectivity index (χ1n) is 5.69. The van der Waals surface area contributed by atoms with E-state index in [0.29, 0.717) is 25.4 Å². The van der Waals surface area contributed by atoms with Crippen LogP contribution >= 0.6 is 0 Å². The summed E-state index contributed by atoms with van der Waals surface area (Å²) in [6.45, 7) is 0.831. The van der Waals surface area contributed by atoms with Gasteiger partial charge in [0.15, 0.2) is 11.5 Å². The fourth-order valence-electron chi connectivity index (χ4n) is 1.88. The van der Waals surface area contributed by atoms with E-state index in [1.807, 2.05) is 0 Å². The second-order valence-corrected chi connectivity index (χ2v) is 4.01. The molecule has 1 aliphatic heterocycles. The van der Waals surface area contributed by atoms with Crippen molar-refractivity contribution in [3.8, 4) is 17.2 Å². The Labute approximate surface area is 104 Å². The van der Waals surface area contributed by atoms with Crippen LogP contribution in [0.15, 0.2) is 12.1 Å². The van der Waals surface area contributed by atoms with E-state index in [9.17, 15) is 9.90 Å². The van der Waals surface area contributed by atoms with Gasteiger partial charge in [-0.25, -0.2) is 0 Å². The minimum Gasteiger partial charge on any atom is -0.504 e. The summed E-state index contributed by atoms with van der Waals surface area (Å²) in [6, 6.07) is 3.11. The Kier molecular flexibility index (Phi) is 3.57. The van der Waals surface area contributed by atoms with Crippen molar-refractivity contribution in [1.82, 2.24) is 0 Å². The van der Waals surface area contributed by atoms with E-state index < -0.39 is 11.9 Å². The van der Waals surface area contributed by atoms with E-state index >= 15 is 0 Å². The fourth-order valence-corrected chi connectivity index (χ4v) is 1.88. The zero-order chi connectivity index (χ0) is 13.1. The van der Waals surface area contributed by atoms with Gasteiger partial charge in [-0.3, -0.25) is 4.79 Å². The lowest BCUT2D eigenvalue weighted by Gasteiger charge is -2.16. The second kappa shape index (κ2) is 5.14. The van der Waals surface area contributed by atoms with Crippen molar-refractivity contribution in [2.75, 3.05) is 19.8 Å². The zero-order valence-corrected chi connectivity index (χ0v) is 9.76. The van der Waals surface area contributed by atoms with Gasteiger partial charge < -0.3 is 25.4 Å². The molecule has 1 aromatic carbocycles. The Hall–Kier alpha value is -1.95. The van der Waals surface area contributed by atoms with Crippen molar-refractivity contribution in [3.63, 3.8) is 0 Å². The van der Waals surface area contributed by atoms with E-state index in [-0.39, 0.29) is 23.6 Å². The molecule has 0 saturated heterocycles. The molecule has 0 bridgehead atoms. The molecule has 1 aliphatic rings. The SMILES string of the molecule is NCC(C(=O)O)c1ccc2c(c1O)OCCCO2. The first-order valence-corrected chi connectivity index (χ1v) is 5.69. The summed E-state index contributed by atoms with van der Waals surface area (Å²) in [6.07, 6.45) is 0.711. The van der Waals surface area contributed by atoms with Crippen LogP contribution in [-0.2, 0) is 4.79 Å².